The highest BCUT2D eigenvalue weighted by Crippen LogP contribution is 2.16. The van der Waals surface area contributed by atoms with Crippen LogP contribution in [0.4, 0.5) is 0 Å². The first-order valence-electron chi connectivity index (χ1n) is 7.20. The summed E-state index contributed by atoms with van der Waals surface area (Å²) in [6.45, 7) is 1.72. The predicted molar refractivity (Wildman–Crippen MR) is 89.1 cm³/mol. The summed E-state index contributed by atoms with van der Waals surface area (Å²) in [5, 5.41) is 12.9. The lowest BCUT2D eigenvalue weighted by atomic mass is 10.3. The second-order valence-electron chi connectivity index (χ2n) is 5.00. The van der Waals surface area contributed by atoms with Gasteiger partial charge >= 0.3 is 0 Å². The Balaban J connectivity index is 1.85. The van der Waals surface area contributed by atoms with Crippen LogP contribution in [-0.4, -0.2) is 30.4 Å². The van der Waals surface area contributed by atoms with Crippen LogP contribution in [0.2, 0.25) is 0 Å². The van der Waals surface area contributed by atoms with Gasteiger partial charge in [-0.2, -0.15) is 10.4 Å². The number of hydrogen-bond acceptors (Lipinski definition) is 5. The molecule has 1 heterocycles. The Bertz CT molecular complexity index is 785. The molecule has 124 valence electrons. The molecule has 0 bridgehead atoms. The molecule has 0 saturated carbocycles. The van der Waals surface area contributed by atoms with E-state index in [2.05, 4.69) is 16.6 Å². The van der Waals surface area contributed by atoms with Gasteiger partial charge in [-0.3, -0.25) is 4.79 Å². The molecule has 1 aromatic heterocycles. The minimum absolute atomic E-state index is 0.152. The molecule has 7 heteroatoms. The van der Waals surface area contributed by atoms with E-state index in [-0.39, 0.29) is 12.5 Å². The Hall–Kier alpha value is -3.27. The first-order valence-corrected chi connectivity index (χ1v) is 7.20. The fourth-order valence-corrected chi connectivity index (χ4v) is 1.99. The van der Waals surface area contributed by atoms with Crippen LogP contribution in [0.5, 0.6) is 11.5 Å². The normalized spacial score (nSPS) is 10.4. The Morgan fingerprint density at radius 3 is 2.62 bits per heavy atom. The lowest BCUT2D eigenvalue weighted by Gasteiger charge is -2.05. The van der Waals surface area contributed by atoms with Gasteiger partial charge in [0.15, 0.2) is 6.61 Å². The molecular formula is C17H18N4O3. The average Bonchev–Trinajstić information content (AvgIpc) is 2.88. The summed E-state index contributed by atoms with van der Waals surface area (Å²) in [4.78, 5) is 11.7. The van der Waals surface area contributed by atoms with Gasteiger partial charge in [0, 0.05) is 18.3 Å². The SMILES string of the molecule is COc1ccc(OCC(=O)NN=Cc2cc(C#N)n(C)c2C)cc1. The van der Waals surface area contributed by atoms with Crippen LogP contribution in [0.15, 0.2) is 35.4 Å². The largest absolute Gasteiger partial charge is 0.497 e. The third-order valence-corrected chi connectivity index (χ3v) is 3.51. The van der Waals surface area contributed by atoms with E-state index >= 15 is 0 Å². The first kappa shape index (κ1) is 17.1. The Labute approximate surface area is 140 Å². The van der Waals surface area contributed by atoms with Crippen molar-refractivity contribution in [3.05, 3.63) is 47.3 Å². The number of carbonyl (C=O) groups excluding carboxylic acids is 1. The van der Waals surface area contributed by atoms with Crippen LogP contribution < -0.4 is 14.9 Å². The van der Waals surface area contributed by atoms with Crippen molar-refractivity contribution in [2.24, 2.45) is 12.1 Å². The third-order valence-electron chi connectivity index (χ3n) is 3.51. The van der Waals surface area contributed by atoms with E-state index in [0.29, 0.717) is 17.2 Å². The predicted octanol–water partition coefficient (Wildman–Crippen LogP) is 1.74. The summed E-state index contributed by atoms with van der Waals surface area (Å²) in [7, 11) is 3.38. The molecule has 0 radical (unpaired) electrons. The summed E-state index contributed by atoms with van der Waals surface area (Å²) in [6, 6.07) is 10.7. The number of nitrogens with zero attached hydrogens (tertiary/aromatic N) is 3. The van der Waals surface area contributed by atoms with Gasteiger partial charge in [0.25, 0.3) is 5.91 Å². The molecule has 1 aromatic carbocycles. The van der Waals surface area contributed by atoms with Crippen molar-refractivity contribution in [1.29, 1.82) is 5.26 Å². The summed E-state index contributed by atoms with van der Waals surface area (Å²) in [6.07, 6.45) is 1.50. The molecule has 0 fully saturated rings. The molecule has 0 saturated heterocycles. The minimum atomic E-state index is -0.379. The minimum Gasteiger partial charge on any atom is -0.497 e. The zero-order valence-electron chi connectivity index (χ0n) is 13.7. The van der Waals surface area contributed by atoms with Crippen molar-refractivity contribution >= 4 is 12.1 Å². The van der Waals surface area contributed by atoms with Gasteiger partial charge in [-0.05, 0) is 37.3 Å². The van der Waals surface area contributed by atoms with Crippen LogP contribution in [-0.2, 0) is 11.8 Å². The topological polar surface area (TPSA) is 88.6 Å². The molecule has 0 spiro atoms. The number of benzene rings is 1. The number of aromatic nitrogens is 1. The summed E-state index contributed by atoms with van der Waals surface area (Å²) in [5.74, 6) is 0.898. The van der Waals surface area contributed by atoms with Crippen LogP contribution in [0.1, 0.15) is 17.0 Å². The third kappa shape index (κ3) is 4.14. The molecule has 1 N–H and O–H groups in total. The number of rotatable bonds is 6. The van der Waals surface area contributed by atoms with Crippen LogP contribution >= 0.6 is 0 Å². The van der Waals surface area contributed by atoms with Crippen molar-refractivity contribution in [3.63, 3.8) is 0 Å². The van der Waals surface area contributed by atoms with Crippen LogP contribution in [0.3, 0.4) is 0 Å². The molecule has 2 aromatic rings. The summed E-state index contributed by atoms with van der Waals surface area (Å²) >= 11 is 0. The number of hydrogen-bond donors (Lipinski definition) is 1. The highest BCUT2D eigenvalue weighted by Gasteiger charge is 2.07. The Morgan fingerprint density at radius 1 is 1.38 bits per heavy atom. The zero-order chi connectivity index (χ0) is 17.5. The fraction of sp³-hybridized carbons (Fsp3) is 0.235. The van der Waals surface area contributed by atoms with E-state index in [1.165, 1.54) is 6.21 Å². The van der Waals surface area contributed by atoms with Gasteiger partial charge < -0.3 is 14.0 Å². The first-order chi connectivity index (χ1) is 11.5. The van der Waals surface area contributed by atoms with Crippen molar-refractivity contribution < 1.29 is 14.3 Å². The average molecular weight is 326 g/mol. The van der Waals surface area contributed by atoms with Crippen molar-refractivity contribution in [2.45, 2.75) is 6.92 Å². The standard InChI is InChI=1S/C17H18N4O3/c1-12-13(8-14(9-18)21(12)2)10-19-20-17(22)11-24-16-6-4-15(23-3)5-7-16/h4-8,10H,11H2,1-3H3,(H,20,22). The smallest absolute Gasteiger partial charge is 0.277 e. The van der Waals surface area contributed by atoms with E-state index in [4.69, 9.17) is 14.7 Å². The molecule has 0 aliphatic carbocycles. The van der Waals surface area contributed by atoms with Crippen molar-refractivity contribution in [3.8, 4) is 17.6 Å². The van der Waals surface area contributed by atoms with Crippen molar-refractivity contribution in [2.75, 3.05) is 13.7 Å². The number of nitrogens with one attached hydrogen (secondary N) is 1. The highest BCUT2D eigenvalue weighted by atomic mass is 16.5. The second-order valence-corrected chi connectivity index (χ2v) is 5.00. The summed E-state index contributed by atoms with van der Waals surface area (Å²) in [5.41, 5.74) is 4.57. The molecule has 2 rings (SSSR count). The quantitative estimate of drug-likeness (QED) is 0.647. The number of carbonyl (C=O) groups is 1. The molecule has 24 heavy (non-hydrogen) atoms. The molecule has 0 aliphatic rings. The fourth-order valence-electron chi connectivity index (χ4n) is 1.99. The number of nitriles is 1. The molecule has 0 aliphatic heterocycles. The van der Waals surface area contributed by atoms with Crippen LogP contribution in [0, 0.1) is 18.3 Å². The Kier molecular flexibility index (Phi) is 5.58. The van der Waals surface area contributed by atoms with E-state index in [1.54, 1.807) is 49.1 Å². The van der Waals surface area contributed by atoms with E-state index in [9.17, 15) is 4.79 Å². The molecule has 0 unspecified atom stereocenters. The maximum atomic E-state index is 11.7. The maximum Gasteiger partial charge on any atom is 0.277 e. The van der Waals surface area contributed by atoms with Gasteiger partial charge in [0.05, 0.1) is 13.3 Å². The number of ether oxygens (including phenoxy) is 2. The molecule has 0 atom stereocenters. The molecular weight excluding hydrogens is 308 g/mol. The van der Waals surface area contributed by atoms with E-state index in [0.717, 1.165) is 11.3 Å². The van der Waals surface area contributed by atoms with Crippen LogP contribution in [0.25, 0.3) is 0 Å². The number of methoxy groups -OCH3 is 1. The number of amides is 1. The molecule has 7 nitrogen and oxygen atoms in total. The zero-order valence-corrected chi connectivity index (χ0v) is 13.7. The summed E-state index contributed by atoms with van der Waals surface area (Å²) < 4.78 is 12.1. The van der Waals surface area contributed by atoms with E-state index in [1.807, 2.05) is 6.92 Å². The van der Waals surface area contributed by atoms with Gasteiger partial charge in [0.2, 0.25) is 0 Å². The number of hydrazone groups is 1. The lowest BCUT2D eigenvalue weighted by Crippen LogP contribution is -2.24. The van der Waals surface area contributed by atoms with Gasteiger partial charge in [-0.1, -0.05) is 0 Å². The lowest BCUT2D eigenvalue weighted by molar-refractivity contribution is -0.123. The van der Waals surface area contributed by atoms with E-state index < -0.39 is 0 Å². The van der Waals surface area contributed by atoms with Gasteiger partial charge in [0.1, 0.15) is 23.3 Å². The molecule has 1 amide bonds. The highest BCUT2D eigenvalue weighted by molar-refractivity contribution is 5.84. The Morgan fingerprint density at radius 2 is 2.04 bits per heavy atom. The second kappa shape index (κ2) is 7.83. The maximum absolute atomic E-state index is 11.7. The monoisotopic (exact) mass is 326 g/mol. The van der Waals surface area contributed by atoms with Gasteiger partial charge in [-0.25, -0.2) is 5.43 Å². The van der Waals surface area contributed by atoms with Gasteiger partial charge in [-0.15, -0.1) is 0 Å². The van der Waals surface area contributed by atoms with Crippen molar-refractivity contribution in [1.82, 2.24) is 9.99 Å².